The molecule has 0 aliphatic heterocycles. The molecule has 0 radical (unpaired) electrons. The summed E-state index contributed by atoms with van der Waals surface area (Å²) in [4.78, 5) is 22.2. The van der Waals surface area contributed by atoms with Crippen molar-refractivity contribution in [1.29, 1.82) is 0 Å². The number of carbonyl (C=O) groups is 2. The molecule has 1 aliphatic rings. The zero-order valence-electron chi connectivity index (χ0n) is 15.4. The molecule has 4 nitrogen and oxygen atoms in total. The van der Waals surface area contributed by atoms with Gasteiger partial charge in [0.25, 0.3) is 0 Å². The largest absolute Gasteiger partial charge is 0.480 e. The number of benzene rings is 2. The first kappa shape index (κ1) is 19.4. The highest BCUT2D eigenvalue weighted by Gasteiger charge is 2.45. The molecule has 3 rings (SSSR count). The Morgan fingerprint density at radius 1 is 1.04 bits per heavy atom. The highest BCUT2D eigenvalue weighted by molar-refractivity contribution is 5.96. The lowest BCUT2D eigenvalue weighted by Crippen LogP contribution is -2.31. The summed E-state index contributed by atoms with van der Waals surface area (Å²) in [5.74, 6) is -1.09. The van der Waals surface area contributed by atoms with Crippen LogP contribution in [0.3, 0.4) is 0 Å². The molecule has 0 spiro atoms. The predicted molar refractivity (Wildman–Crippen MR) is 102 cm³/mol. The van der Waals surface area contributed by atoms with Gasteiger partial charge < -0.3 is 9.84 Å². The molecule has 0 heterocycles. The molecule has 1 aliphatic carbocycles. The predicted octanol–water partition coefficient (Wildman–Crippen LogP) is 4.57. The molecule has 0 aromatic heterocycles. The Morgan fingerprint density at radius 3 is 1.88 bits per heavy atom. The van der Waals surface area contributed by atoms with Gasteiger partial charge in [-0.2, -0.15) is 0 Å². The zero-order valence-corrected chi connectivity index (χ0v) is 15.4. The maximum Gasteiger partial charge on any atom is 0.333 e. The van der Waals surface area contributed by atoms with Crippen molar-refractivity contribution in [2.24, 2.45) is 0 Å². The van der Waals surface area contributed by atoms with Gasteiger partial charge in [-0.3, -0.25) is 4.79 Å². The molecule has 0 atom stereocenters. The molecule has 1 N–H and O–H groups in total. The summed E-state index contributed by atoms with van der Waals surface area (Å²) in [5.41, 5.74) is 3.37. The van der Waals surface area contributed by atoms with Crippen LogP contribution in [0.4, 0.5) is 0 Å². The molecule has 0 bridgehead atoms. The summed E-state index contributed by atoms with van der Waals surface area (Å²) in [7, 11) is 0. The minimum atomic E-state index is -0.923. The summed E-state index contributed by atoms with van der Waals surface area (Å²) in [6.45, 7) is 9.29. The third-order valence-electron chi connectivity index (χ3n) is 4.44. The van der Waals surface area contributed by atoms with Gasteiger partial charge in [-0.1, -0.05) is 62.0 Å². The van der Waals surface area contributed by atoms with E-state index in [1.807, 2.05) is 55.5 Å². The topological polar surface area (TPSA) is 63.6 Å². The van der Waals surface area contributed by atoms with E-state index in [0.717, 1.165) is 28.7 Å². The van der Waals surface area contributed by atoms with Crippen molar-refractivity contribution in [1.82, 2.24) is 0 Å². The summed E-state index contributed by atoms with van der Waals surface area (Å²) in [6, 6.07) is 15.5. The number of carboxylic acids is 1. The first-order valence-corrected chi connectivity index (χ1v) is 8.59. The number of rotatable bonds is 4. The van der Waals surface area contributed by atoms with E-state index in [-0.39, 0.29) is 5.97 Å². The average molecular weight is 352 g/mol. The minimum absolute atomic E-state index is 0.295. The number of ether oxygens (including phenoxy) is 1. The fraction of sp³-hybridized carbons (Fsp3) is 0.273. The van der Waals surface area contributed by atoms with Crippen molar-refractivity contribution in [2.45, 2.75) is 32.6 Å². The van der Waals surface area contributed by atoms with Gasteiger partial charge in [-0.05, 0) is 42.5 Å². The van der Waals surface area contributed by atoms with E-state index in [9.17, 15) is 14.7 Å². The number of carboxylic acid groups (broad SMARTS) is 1. The van der Waals surface area contributed by atoms with Crippen LogP contribution in [0.2, 0.25) is 0 Å². The molecular formula is C22H24O4. The third kappa shape index (κ3) is 3.54. The maximum absolute atomic E-state index is 11.6. The molecule has 4 heteroatoms. The molecule has 136 valence electrons. The number of fused-ring (bicyclic) bond motifs is 3. The third-order valence-corrected chi connectivity index (χ3v) is 4.44. The van der Waals surface area contributed by atoms with E-state index in [2.05, 4.69) is 6.58 Å². The van der Waals surface area contributed by atoms with Crippen LogP contribution < -0.4 is 0 Å². The summed E-state index contributed by atoms with van der Waals surface area (Å²) in [6.07, 6.45) is 0.860. The fourth-order valence-electron chi connectivity index (χ4n) is 3.00. The maximum atomic E-state index is 11.6. The average Bonchev–Trinajstić information content (AvgIpc) is 2.91. The lowest BCUT2D eigenvalue weighted by atomic mass is 9.80. The molecule has 0 fully saturated rings. The normalized spacial score (nSPS) is 12.9. The minimum Gasteiger partial charge on any atom is -0.480 e. The van der Waals surface area contributed by atoms with Gasteiger partial charge in [0, 0.05) is 5.57 Å². The molecular weight excluding hydrogens is 328 g/mol. The summed E-state index contributed by atoms with van der Waals surface area (Å²) >= 11 is 0. The highest BCUT2D eigenvalue weighted by atomic mass is 16.5. The molecule has 2 aromatic carbocycles. The number of hydrogen-bond acceptors (Lipinski definition) is 3. The zero-order chi connectivity index (χ0) is 19.3. The number of esters is 1. The van der Waals surface area contributed by atoms with Crippen molar-refractivity contribution in [2.75, 3.05) is 6.61 Å². The van der Waals surface area contributed by atoms with Crippen LogP contribution in [-0.4, -0.2) is 23.7 Å². The van der Waals surface area contributed by atoms with Crippen LogP contribution >= 0.6 is 0 Å². The van der Waals surface area contributed by atoms with Gasteiger partial charge in [0.05, 0.1) is 6.61 Å². The van der Waals surface area contributed by atoms with Crippen LogP contribution in [0.25, 0.3) is 11.1 Å². The number of aliphatic carboxylic acids is 1. The highest BCUT2D eigenvalue weighted by Crippen LogP contribution is 2.48. The van der Waals surface area contributed by atoms with Gasteiger partial charge in [-0.25, -0.2) is 4.79 Å². The van der Waals surface area contributed by atoms with Crippen LogP contribution in [0.1, 0.15) is 38.3 Å². The van der Waals surface area contributed by atoms with E-state index in [1.54, 1.807) is 13.8 Å². The molecule has 26 heavy (non-hydrogen) atoms. The van der Waals surface area contributed by atoms with Gasteiger partial charge in [0.2, 0.25) is 0 Å². The van der Waals surface area contributed by atoms with Crippen LogP contribution in [0, 0.1) is 0 Å². The Kier molecular flexibility index (Phi) is 5.98. The van der Waals surface area contributed by atoms with Crippen LogP contribution in [0.15, 0.2) is 60.7 Å². The summed E-state index contributed by atoms with van der Waals surface area (Å²) in [5, 5.41) is 9.57. The van der Waals surface area contributed by atoms with Crippen LogP contribution in [-0.2, 0) is 19.7 Å². The van der Waals surface area contributed by atoms with Gasteiger partial charge in [0.15, 0.2) is 0 Å². The second-order valence-electron chi connectivity index (χ2n) is 6.44. The molecule has 2 aromatic rings. The first-order chi connectivity index (χ1) is 12.3. The van der Waals surface area contributed by atoms with E-state index < -0.39 is 11.4 Å². The Morgan fingerprint density at radius 2 is 1.50 bits per heavy atom. The van der Waals surface area contributed by atoms with Gasteiger partial charge in [-0.15, -0.1) is 0 Å². The standard InChI is InChI=1S/C15H12O2.C7H12O2/c1-15(14(16)17)12-8-4-2-6-10(12)11-7-3-5-9-13(11)15;1-4-5-9-7(8)6(2)3/h2-9H,1H3,(H,16,17);2,4-5H2,1,3H3. The van der Waals surface area contributed by atoms with Crippen molar-refractivity contribution >= 4 is 11.9 Å². The van der Waals surface area contributed by atoms with E-state index in [4.69, 9.17) is 4.74 Å². The fourth-order valence-corrected chi connectivity index (χ4v) is 3.00. The molecule has 0 unspecified atom stereocenters. The quantitative estimate of drug-likeness (QED) is 0.646. The monoisotopic (exact) mass is 352 g/mol. The molecule has 0 saturated heterocycles. The molecule has 0 saturated carbocycles. The van der Waals surface area contributed by atoms with Crippen molar-refractivity contribution < 1.29 is 19.4 Å². The number of hydrogen-bond donors (Lipinski definition) is 1. The first-order valence-electron chi connectivity index (χ1n) is 8.59. The Labute approximate surface area is 154 Å². The van der Waals surface area contributed by atoms with Gasteiger partial charge >= 0.3 is 11.9 Å². The van der Waals surface area contributed by atoms with Crippen molar-refractivity contribution in [3.05, 3.63) is 71.8 Å². The van der Waals surface area contributed by atoms with Crippen LogP contribution in [0.5, 0.6) is 0 Å². The van der Waals surface area contributed by atoms with E-state index >= 15 is 0 Å². The Bertz CT molecular complexity index is 790. The molecule has 0 amide bonds. The van der Waals surface area contributed by atoms with E-state index in [1.165, 1.54) is 0 Å². The lowest BCUT2D eigenvalue weighted by Gasteiger charge is -2.21. The van der Waals surface area contributed by atoms with E-state index in [0.29, 0.717) is 12.2 Å². The number of carbonyl (C=O) groups excluding carboxylic acids is 1. The van der Waals surface area contributed by atoms with Gasteiger partial charge in [0.1, 0.15) is 5.41 Å². The van der Waals surface area contributed by atoms with Crippen molar-refractivity contribution in [3.8, 4) is 11.1 Å². The SMILES string of the molecule is C=C(C)C(=O)OCCC.CC1(C(=O)O)c2ccccc2-c2ccccc21. The lowest BCUT2D eigenvalue weighted by molar-refractivity contribution is -0.141. The van der Waals surface area contributed by atoms with Crippen molar-refractivity contribution in [3.63, 3.8) is 0 Å². The smallest absolute Gasteiger partial charge is 0.333 e. The Hall–Kier alpha value is -2.88. The second-order valence-corrected chi connectivity index (χ2v) is 6.44. The second kappa shape index (κ2) is 8.00. The Balaban J connectivity index is 0.000000232. The summed E-state index contributed by atoms with van der Waals surface area (Å²) < 4.78 is 4.71.